The summed E-state index contributed by atoms with van der Waals surface area (Å²) < 4.78 is 26.8. The predicted octanol–water partition coefficient (Wildman–Crippen LogP) is 3.12. The molecule has 1 amide bonds. The van der Waals surface area contributed by atoms with Gasteiger partial charge in [-0.25, -0.2) is 8.42 Å². The third-order valence-electron chi connectivity index (χ3n) is 4.33. The van der Waals surface area contributed by atoms with E-state index < -0.39 is 10.0 Å². The van der Waals surface area contributed by atoms with Crippen molar-refractivity contribution in [2.24, 2.45) is 0 Å². The maximum atomic E-state index is 12.6. The van der Waals surface area contributed by atoms with Crippen molar-refractivity contribution in [3.8, 4) is 0 Å². The van der Waals surface area contributed by atoms with Gasteiger partial charge in [-0.1, -0.05) is 20.3 Å². The second-order valence-corrected chi connectivity index (χ2v) is 8.22. The molecule has 6 heteroatoms. The Kier molecular flexibility index (Phi) is 6.80. The van der Waals surface area contributed by atoms with Crippen molar-refractivity contribution in [3.05, 3.63) is 29.8 Å². The molecule has 2 rings (SSSR count). The zero-order chi connectivity index (χ0) is 17.6. The SMILES string of the molecule is CCCN(CCC)C(=O)c1ccc(S(=O)(=O)N2CCCCC2)cc1. The van der Waals surface area contributed by atoms with Gasteiger partial charge in [-0.3, -0.25) is 4.79 Å². The van der Waals surface area contributed by atoms with E-state index in [-0.39, 0.29) is 10.8 Å². The minimum Gasteiger partial charge on any atom is -0.339 e. The molecule has 0 N–H and O–H groups in total. The fourth-order valence-corrected chi connectivity index (χ4v) is 4.58. The zero-order valence-corrected chi connectivity index (χ0v) is 15.5. The normalized spacial score (nSPS) is 16.1. The zero-order valence-electron chi connectivity index (χ0n) is 14.7. The van der Waals surface area contributed by atoms with E-state index in [4.69, 9.17) is 0 Å². The molecule has 5 nitrogen and oxygen atoms in total. The van der Waals surface area contributed by atoms with Gasteiger partial charge in [0.1, 0.15) is 0 Å². The number of hydrogen-bond donors (Lipinski definition) is 0. The van der Waals surface area contributed by atoms with Crippen LogP contribution >= 0.6 is 0 Å². The lowest BCUT2D eigenvalue weighted by atomic mass is 10.2. The summed E-state index contributed by atoms with van der Waals surface area (Å²) in [5.41, 5.74) is 0.550. The first-order chi connectivity index (χ1) is 11.5. The minimum absolute atomic E-state index is 0.0272. The van der Waals surface area contributed by atoms with Crippen LogP contribution in [0.5, 0.6) is 0 Å². The topological polar surface area (TPSA) is 57.7 Å². The number of piperidine rings is 1. The van der Waals surface area contributed by atoms with Gasteiger partial charge in [0.15, 0.2) is 0 Å². The summed E-state index contributed by atoms with van der Waals surface area (Å²) in [7, 11) is -3.44. The number of sulfonamides is 1. The van der Waals surface area contributed by atoms with Crippen molar-refractivity contribution >= 4 is 15.9 Å². The first-order valence-corrected chi connectivity index (χ1v) is 10.3. The molecule has 0 saturated carbocycles. The molecule has 1 aliphatic rings. The summed E-state index contributed by atoms with van der Waals surface area (Å²) in [5, 5.41) is 0. The summed E-state index contributed by atoms with van der Waals surface area (Å²) in [6, 6.07) is 6.40. The standard InChI is InChI=1S/C18H28N2O3S/c1-3-12-19(13-4-2)18(21)16-8-10-17(11-9-16)24(22,23)20-14-6-5-7-15-20/h8-11H,3-7,12-15H2,1-2H3. The van der Waals surface area contributed by atoms with Crippen LogP contribution in [0.15, 0.2) is 29.2 Å². The number of carbonyl (C=O) groups is 1. The third kappa shape index (κ3) is 4.36. The molecular weight excluding hydrogens is 324 g/mol. The maximum absolute atomic E-state index is 12.6. The van der Waals surface area contributed by atoms with E-state index >= 15 is 0 Å². The number of benzene rings is 1. The van der Waals surface area contributed by atoms with Crippen LogP contribution in [0.3, 0.4) is 0 Å². The Bertz CT molecular complexity index is 629. The molecular formula is C18H28N2O3S. The molecule has 0 spiro atoms. The molecule has 134 valence electrons. The van der Waals surface area contributed by atoms with Gasteiger partial charge in [0.05, 0.1) is 4.90 Å². The molecule has 1 fully saturated rings. The third-order valence-corrected chi connectivity index (χ3v) is 6.24. The molecule has 0 atom stereocenters. The van der Waals surface area contributed by atoms with Gasteiger partial charge < -0.3 is 4.90 Å². The Hall–Kier alpha value is -1.40. The van der Waals surface area contributed by atoms with Gasteiger partial charge in [-0.05, 0) is 49.9 Å². The molecule has 1 aromatic rings. The second kappa shape index (κ2) is 8.62. The molecule has 0 radical (unpaired) electrons. The van der Waals surface area contributed by atoms with Crippen LogP contribution in [0.4, 0.5) is 0 Å². The maximum Gasteiger partial charge on any atom is 0.253 e. The van der Waals surface area contributed by atoms with Crippen molar-refractivity contribution < 1.29 is 13.2 Å². The van der Waals surface area contributed by atoms with Crippen LogP contribution in [0.25, 0.3) is 0 Å². The molecule has 0 bridgehead atoms. The summed E-state index contributed by atoms with van der Waals surface area (Å²) in [5.74, 6) is -0.0272. The van der Waals surface area contributed by atoms with Crippen LogP contribution in [0, 0.1) is 0 Å². The first-order valence-electron chi connectivity index (χ1n) is 8.90. The Morgan fingerprint density at radius 2 is 1.54 bits per heavy atom. The van der Waals surface area contributed by atoms with Crippen LogP contribution < -0.4 is 0 Å². The Morgan fingerprint density at radius 3 is 2.04 bits per heavy atom. The first kappa shape index (κ1) is 18.9. The highest BCUT2D eigenvalue weighted by molar-refractivity contribution is 7.89. The van der Waals surface area contributed by atoms with Crippen LogP contribution in [0.2, 0.25) is 0 Å². The highest BCUT2D eigenvalue weighted by Gasteiger charge is 2.26. The molecule has 0 aliphatic carbocycles. The molecule has 0 aromatic heterocycles. The monoisotopic (exact) mass is 352 g/mol. The van der Waals surface area contributed by atoms with Crippen molar-refractivity contribution in [2.75, 3.05) is 26.2 Å². The number of carbonyl (C=O) groups excluding carboxylic acids is 1. The lowest BCUT2D eigenvalue weighted by Crippen LogP contribution is -2.35. The second-order valence-electron chi connectivity index (χ2n) is 6.28. The van der Waals surface area contributed by atoms with E-state index in [1.807, 2.05) is 18.7 Å². The van der Waals surface area contributed by atoms with Gasteiger partial charge in [0.2, 0.25) is 10.0 Å². The van der Waals surface area contributed by atoms with Crippen molar-refractivity contribution in [1.82, 2.24) is 9.21 Å². The smallest absolute Gasteiger partial charge is 0.253 e. The fraction of sp³-hybridized carbons (Fsp3) is 0.611. The summed E-state index contributed by atoms with van der Waals surface area (Å²) >= 11 is 0. The lowest BCUT2D eigenvalue weighted by molar-refractivity contribution is 0.0755. The van der Waals surface area contributed by atoms with Crippen LogP contribution in [0.1, 0.15) is 56.3 Å². The van der Waals surface area contributed by atoms with E-state index in [0.29, 0.717) is 18.7 Å². The Morgan fingerprint density at radius 1 is 1.00 bits per heavy atom. The lowest BCUT2D eigenvalue weighted by Gasteiger charge is -2.26. The largest absolute Gasteiger partial charge is 0.339 e. The highest BCUT2D eigenvalue weighted by Crippen LogP contribution is 2.21. The van der Waals surface area contributed by atoms with Crippen LogP contribution in [-0.4, -0.2) is 49.7 Å². The Balaban J connectivity index is 2.15. The predicted molar refractivity (Wildman–Crippen MR) is 95.5 cm³/mol. The van der Waals surface area contributed by atoms with Gasteiger partial charge >= 0.3 is 0 Å². The minimum atomic E-state index is -3.44. The van der Waals surface area contributed by atoms with Gasteiger partial charge in [0, 0.05) is 31.7 Å². The van der Waals surface area contributed by atoms with E-state index in [1.165, 1.54) is 0 Å². The molecule has 1 aliphatic heterocycles. The van der Waals surface area contributed by atoms with E-state index in [0.717, 1.165) is 45.2 Å². The van der Waals surface area contributed by atoms with E-state index in [1.54, 1.807) is 28.6 Å². The van der Waals surface area contributed by atoms with Crippen molar-refractivity contribution in [1.29, 1.82) is 0 Å². The summed E-state index contributed by atoms with van der Waals surface area (Å²) in [6.07, 6.45) is 4.74. The fourth-order valence-electron chi connectivity index (χ4n) is 3.06. The van der Waals surface area contributed by atoms with Gasteiger partial charge in [0.25, 0.3) is 5.91 Å². The van der Waals surface area contributed by atoms with E-state index in [9.17, 15) is 13.2 Å². The molecule has 24 heavy (non-hydrogen) atoms. The molecule has 1 saturated heterocycles. The van der Waals surface area contributed by atoms with E-state index in [2.05, 4.69) is 0 Å². The Labute approximate surface area is 145 Å². The molecule has 0 unspecified atom stereocenters. The average Bonchev–Trinajstić information content (AvgIpc) is 2.62. The number of rotatable bonds is 7. The molecule has 1 heterocycles. The summed E-state index contributed by atoms with van der Waals surface area (Å²) in [6.45, 7) is 6.71. The quantitative estimate of drug-likeness (QED) is 0.757. The highest BCUT2D eigenvalue weighted by atomic mass is 32.2. The molecule has 1 aromatic carbocycles. The van der Waals surface area contributed by atoms with Crippen molar-refractivity contribution in [2.45, 2.75) is 50.8 Å². The number of amides is 1. The van der Waals surface area contributed by atoms with Gasteiger partial charge in [-0.15, -0.1) is 0 Å². The van der Waals surface area contributed by atoms with Crippen LogP contribution in [-0.2, 0) is 10.0 Å². The van der Waals surface area contributed by atoms with Crippen molar-refractivity contribution in [3.63, 3.8) is 0 Å². The number of nitrogens with zero attached hydrogens (tertiary/aromatic N) is 2. The van der Waals surface area contributed by atoms with Gasteiger partial charge in [-0.2, -0.15) is 4.31 Å². The number of hydrogen-bond acceptors (Lipinski definition) is 3. The average molecular weight is 353 g/mol. The summed E-state index contributed by atoms with van der Waals surface area (Å²) in [4.78, 5) is 14.7.